The topological polar surface area (TPSA) is 20.3 Å². The van der Waals surface area contributed by atoms with E-state index in [2.05, 4.69) is 12.6 Å². The zero-order valence-corrected chi connectivity index (χ0v) is 9.18. The lowest BCUT2D eigenvalue weighted by atomic mass is 10.3. The number of benzene rings is 1. The average Bonchev–Trinajstić information content (AvgIpc) is 2.57. The Morgan fingerprint density at radius 1 is 1.43 bits per heavy atom. The molecule has 1 heterocycles. The summed E-state index contributed by atoms with van der Waals surface area (Å²) in [4.78, 5) is 13.9. The van der Waals surface area contributed by atoms with Crippen LogP contribution in [0, 0.1) is 0 Å². The maximum absolute atomic E-state index is 11.5. The van der Waals surface area contributed by atoms with Gasteiger partial charge in [-0.3, -0.25) is 4.79 Å². The predicted octanol–water partition coefficient (Wildman–Crippen LogP) is 2.76. The van der Waals surface area contributed by atoms with Crippen LogP contribution in [-0.4, -0.2) is 12.5 Å². The van der Waals surface area contributed by atoms with Gasteiger partial charge in [0.1, 0.15) is 0 Å². The van der Waals surface area contributed by atoms with Gasteiger partial charge in [-0.05, 0) is 18.6 Å². The number of anilines is 1. The van der Waals surface area contributed by atoms with Gasteiger partial charge in [0.15, 0.2) is 0 Å². The smallest absolute Gasteiger partial charge is 0.227 e. The van der Waals surface area contributed by atoms with Gasteiger partial charge in [0, 0.05) is 17.9 Å². The first-order chi connectivity index (χ1) is 6.70. The van der Waals surface area contributed by atoms with Crippen molar-refractivity contribution in [3.63, 3.8) is 0 Å². The van der Waals surface area contributed by atoms with Crippen molar-refractivity contribution in [2.75, 3.05) is 11.4 Å². The van der Waals surface area contributed by atoms with E-state index in [4.69, 9.17) is 11.6 Å². The molecule has 1 aliphatic heterocycles. The van der Waals surface area contributed by atoms with E-state index >= 15 is 0 Å². The molecule has 2 rings (SSSR count). The molecule has 1 saturated heterocycles. The van der Waals surface area contributed by atoms with Gasteiger partial charge in [-0.25, -0.2) is 0 Å². The number of rotatable bonds is 1. The van der Waals surface area contributed by atoms with Gasteiger partial charge in [-0.1, -0.05) is 17.7 Å². The molecule has 74 valence electrons. The molecular weight excluding hydrogens is 218 g/mol. The first-order valence-electron chi connectivity index (χ1n) is 4.48. The maximum atomic E-state index is 11.5. The number of halogens is 1. The van der Waals surface area contributed by atoms with E-state index in [9.17, 15) is 4.79 Å². The van der Waals surface area contributed by atoms with Gasteiger partial charge in [0.25, 0.3) is 0 Å². The fraction of sp³-hybridized carbons (Fsp3) is 0.300. The van der Waals surface area contributed by atoms with Crippen LogP contribution in [0.1, 0.15) is 12.8 Å². The third kappa shape index (κ3) is 1.62. The maximum Gasteiger partial charge on any atom is 0.227 e. The van der Waals surface area contributed by atoms with Crippen LogP contribution >= 0.6 is 24.2 Å². The summed E-state index contributed by atoms with van der Waals surface area (Å²) in [5, 5.41) is 0.561. The molecule has 0 N–H and O–H groups in total. The molecular formula is C10H10ClNOS. The first-order valence-corrected chi connectivity index (χ1v) is 5.30. The molecule has 1 amide bonds. The van der Waals surface area contributed by atoms with Gasteiger partial charge < -0.3 is 4.90 Å². The van der Waals surface area contributed by atoms with Crippen LogP contribution in [0.15, 0.2) is 23.1 Å². The average molecular weight is 228 g/mol. The minimum atomic E-state index is 0.144. The Labute approximate surface area is 93.3 Å². The second-order valence-electron chi connectivity index (χ2n) is 3.26. The van der Waals surface area contributed by atoms with Crippen molar-refractivity contribution < 1.29 is 4.79 Å². The van der Waals surface area contributed by atoms with Gasteiger partial charge in [0.2, 0.25) is 5.91 Å². The Morgan fingerprint density at radius 2 is 2.21 bits per heavy atom. The molecule has 1 aromatic rings. The minimum absolute atomic E-state index is 0.144. The fourth-order valence-corrected chi connectivity index (χ4v) is 2.05. The quantitative estimate of drug-likeness (QED) is 0.732. The minimum Gasteiger partial charge on any atom is -0.311 e. The molecule has 1 aliphatic rings. The summed E-state index contributed by atoms with van der Waals surface area (Å²) in [5.41, 5.74) is 0.779. The van der Waals surface area contributed by atoms with Crippen molar-refractivity contribution in [3.05, 3.63) is 23.2 Å². The van der Waals surface area contributed by atoms with E-state index in [0.29, 0.717) is 16.3 Å². The fourth-order valence-electron chi connectivity index (χ4n) is 1.62. The zero-order chi connectivity index (χ0) is 10.1. The standard InChI is InChI=1S/C10H10ClNOS/c11-10-7(3-1-4-8(10)14)12-6-2-5-9(12)13/h1,3-4,14H,2,5-6H2. The summed E-state index contributed by atoms with van der Waals surface area (Å²) in [6, 6.07) is 5.52. The SMILES string of the molecule is O=C1CCCN1c1cccc(S)c1Cl. The summed E-state index contributed by atoms with van der Waals surface area (Å²) in [7, 11) is 0. The Hall–Kier alpha value is -0.670. The first kappa shape index (κ1) is 9.87. The molecule has 2 nitrogen and oxygen atoms in total. The van der Waals surface area contributed by atoms with E-state index in [1.807, 2.05) is 18.2 Å². The summed E-state index contributed by atoms with van der Waals surface area (Å²) in [5.74, 6) is 0.144. The van der Waals surface area contributed by atoms with Crippen molar-refractivity contribution in [1.82, 2.24) is 0 Å². The van der Waals surface area contributed by atoms with Crippen LogP contribution in [0.5, 0.6) is 0 Å². The number of carbonyl (C=O) groups excluding carboxylic acids is 1. The van der Waals surface area contributed by atoms with Gasteiger partial charge in [-0.15, -0.1) is 12.6 Å². The molecule has 0 bridgehead atoms. The lowest BCUT2D eigenvalue weighted by Crippen LogP contribution is -2.23. The van der Waals surface area contributed by atoms with Crippen molar-refractivity contribution in [2.24, 2.45) is 0 Å². The molecule has 0 unspecified atom stereocenters. The van der Waals surface area contributed by atoms with Crippen LogP contribution in [0.4, 0.5) is 5.69 Å². The largest absolute Gasteiger partial charge is 0.311 e. The number of carbonyl (C=O) groups is 1. The number of nitrogens with zero attached hydrogens (tertiary/aromatic N) is 1. The number of hydrogen-bond donors (Lipinski definition) is 1. The van der Waals surface area contributed by atoms with Crippen molar-refractivity contribution in [3.8, 4) is 0 Å². The molecule has 0 aromatic heterocycles. The van der Waals surface area contributed by atoms with E-state index in [0.717, 1.165) is 18.7 Å². The normalized spacial score (nSPS) is 16.4. The summed E-state index contributed by atoms with van der Waals surface area (Å²) >= 11 is 10.3. The molecule has 4 heteroatoms. The highest BCUT2D eigenvalue weighted by atomic mass is 35.5. The third-order valence-electron chi connectivity index (χ3n) is 2.32. The Bertz CT molecular complexity index is 380. The third-order valence-corrected chi connectivity index (χ3v) is 3.22. The van der Waals surface area contributed by atoms with Crippen LogP contribution in [0.3, 0.4) is 0 Å². The van der Waals surface area contributed by atoms with Crippen molar-refractivity contribution in [1.29, 1.82) is 0 Å². The Balaban J connectivity index is 2.41. The monoisotopic (exact) mass is 227 g/mol. The highest BCUT2D eigenvalue weighted by Crippen LogP contribution is 2.33. The number of hydrogen-bond acceptors (Lipinski definition) is 2. The van der Waals surface area contributed by atoms with E-state index in [1.54, 1.807) is 4.90 Å². The number of amides is 1. The van der Waals surface area contributed by atoms with Crippen LogP contribution < -0.4 is 4.90 Å². The van der Waals surface area contributed by atoms with E-state index in [1.165, 1.54) is 0 Å². The summed E-state index contributed by atoms with van der Waals surface area (Å²) in [6.45, 7) is 0.760. The molecule has 0 spiro atoms. The summed E-state index contributed by atoms with van der Waals surface area (Å²) in [6.07, 6.45) is 1.53. The molecule has 1 aromatic carbocycles. The van der Waals surface area contributed by atoms with Crippen molar-refractivity contribution in [2.45, 2.75) is 17.7 Å². The van der Waals surface area contributed by atoms with Gasteiger partial charge >= 0.3 is 0 Å². The van der Waals surface area contributed by atoms with Gasteiger partial charge in [0.05, 0.1) is 10.7 Å². The van der Waals surface area contributed by atoms with E-state index in [-0.39, 0.29) is 5.91 Å². The molecule has 0 aliphatic carbocycles. The highest BCUT2D eigenvalue weighted by molar-refractivity contribution is 7.80. The Morgan fingerprint density at radius 3 is 2.86 bits per heavy atom. The second kappa shape index (κ2) is 3.83. The molecule has 0 radical (unpaired) electrons. The van der Waals surface area contributed by atoms with Crippen LogP contribution in [0.2, 0.25) is 5.02 Å². The second-order valence-corrected chi connectivity index (χ2v) is 4.12. The zero-order valence-electron chi connectivity index (χ0n) is 7.53. The molecule has 14 heavy (non-hydrogen) atoms. The van der Waals surface area contributed by atoms with Crippen molar-refractivity contribution >= 4 is 35.8 Å². The predicted molar refractivity (Wildman–Crippen MR) is 60.3 cm³/mol. The molecule has 0 saturated carbocycles. The van der Waals surface area contributed by atoms with Crippen LogP contribution in [-0.2, 0) is 4.79 Å². The molecule has 1 fully saturated rings. The number of thiol groups is 1. The highest BCUT2D eigenvalue weighted by Gasteiger charge is 2.23. The van der Waals surface area contributed by atoms with Gasteiger partial charge in [-0.2, -0.15) is 0 Å². The Kier molecular flexibility index (Phi) is 2.70. The van der Waals surface area contributed by atoms with Crippen LogP contribution in [0.25, 0.3) is 0 Å². The summed E-state index contributed by atoms with van der Waals surface area (Å²) < 4.78 is 0. The molecule has 0 atom stereocenters. The van der Waals surface area contributed by atoms with E-state index < -0.39 is 0 Å². The lowest BCUT2D eigenvalue weighted by Gasteiger charge is -2.17. The lowest BCUT2D eigenvalue weighted by molar-refractivity contribution is -0.117.